The molecule has 0 heterocycles. The number of carbonyl (C=O) groups excluding carboxylic acids is 1. The van der Waals surface area contributed by atoms with Crippen molar-refractivity contribution in [2.24, 2.45) is 17.6 Å². The van der Waals surface area contributed by atoms with E-state index in [1.54, 1.807) is 0 Å². The van der Waals surface area contributed by atoms with Crippen LogP contribution in [-0.2, 0) is 4.79 Å². The molecule has 3 N–H and O–H groups in total. The molecular weight excluding hydrogens is 188 g/mol. The highest BCUT2D eigenvalue weighted by Crippen LogP contribution is 2.27. The van der Waals surface area contributed by atoms with Gasteiger partial charge in [0.2, 0.25) is 5.91 Å². The Labute approximate surface area is 92.8 Å². The van der Waals surface area contributed by atoms with E-state index in [4.69, 9.17) is 5.73 Å². The molecule has 0 aromatic heterocycles. The first kappa shape index (κ1) is 12.5. The lowest BCUT2D eigenvalue weighted by Gasteiger charge is -2.23. The SMILES string of the molecule is CC(C)[C@@H](N)C(=O)N[C@H](C)C1CCCC1. The van der Waals surface area contributed by atoms with E-state index in [0.717, 1.165) is 0 Å². The van der Waals surface area contributed by atoms with Crippen molar-refractivity contribution in [2.45, 2.75) is 58.5 Å². The van der Waals surface area contributed by atoms with E-state index in [9.17, 15) is 4.79 Å². The van der Waals surface area contributed by atoms with Gasteiger partial charge in [-0.05, 0) is 31.6 Å². The number of amides is 1. The second-order valence-corrected chi connectivity index (χ2v) is 5.11. The summed E-state index contributed by atoms with van der Waals surface area (Å²) in [5.74, 6) is 0.874. The molecule has 0 aromatic carbocycles. The molecule has 88 valence electrons. The Hall–Kier alpha value is -0.570. The second-order valence-electron chi connectivity index (χ2n) is 5.11. The van der Waals surface area contributed by atoms with E-state index in [0.29, 0.717) is 5.92 Å². The summed E-state index contributed by atoms with van der Waals surface area (Å²) in [6, 6.07) is -0.0846. The molecular formula is C12H24N2O. The predicted molar refractivity (Wildman–Crippen MR) is 62.4 cm³/mol. The maximum absolute atomic E-state index is 11.7. The molecule has 0 bridgehead atoms. The molecule has 1 rings (SSSR count). The van der Waals surface area contributed by atoms with Crippen molar-refractivity contribution in [3.8, 4) is 0 Å². The molecule has 0 radical (unpaired) electrons. The van der Waals surface area contributed by atoms with Gasteiger partial charge >= 0.3 is 0 Å². The molecule has 1 amide bonds. The van der Waals surface area contributed by atoms with Crippen LogP contribution in [0, 0.1) is 11.8 Å². The molecule has 0 unspecified atom stereocenters. The van der Waals surface area contributed by atoms with Crippen molar-refractivity contribution in [1.29, 1.82) is 0 Å². The van der Waals surface area contributed by atoms with Gasteiger partial charge in [0.15, 0.2) is 0 Å². The summed E-state index contributed by atoms with van der Waals surface area (Å²) in [5.41, 5.74) is 5.79. The monoisotopic (exact) mass is 212 g/mol. The van der Waals surface area contributed by atoms with Gasteiger partial charge in [0, 0.05) is 6.04 Å². The van der Waals surface area contributed by atoms with Crippen molar-refractivity contribution >= 4 is 5.91 Å². The number of hydrogen-bond donors (Lipinski definition) is 2. The minimum Gasteiger partial charge on any atom is -0.352 e. The van der Waals surface area contributed by atoms with Crippen molar-refractivity contribution < 1.29 is 4.79 Å². The minimum atomic E-state index is -0.367. The largest absolute Gasteiger partial charge is 0.352 e. The highest BCUT2D eigenvalue weighted by atomic mass is 16.2. The standard InChI is InChI=1S/C12H24N2O/c1-8(2)11(13)12(15)14-9(3)10-6-4-5-7-10/h8-11H,4-7,13H2,1-3H3,(H,14,15)/t9-,11-/m1/s1. The molecule has 1 aliphatic carbocycles. The average molecular weight is 212 g/mol. The Kier molecular flexibility index (Phi) is 4.58. The van der Waals surface area contributed by atoms with Gasteiger partial charge in [-0.15, -0.1) is 0 Å². The summed E-state index contributed by atoms with van der Waals surface area (Å²) < 4.78 is 0. The van der Waals surface area contributed by atoms with Crippen LogP contribution in [0.2, 0.25) is 0 Å². The van der Waals surface area contributed by atoms with Crippen molar-refractivity contribution in [2.75, 3.05) is 0 Å². The highest BCUT2D eigenvalue weighted by molar-refractivity contribution is 5.81. The summed E-state index contributed by atoms with van der Waals surface area (Å²) in [4.78, 5) is 11.7. The van der Waals surface area contributed by atoms with Gasteiger partial charge < -0.3 is 11.1 Å². The summed E-state index contributed by atoms with van der Waals surface area (Å²) in [5, 5.41) is 3.04. The third kappa shape index (κ3) is 3.49. The van der Waals surface area contributed by atoms with Crippen LogP contribution in [0.1, 0.15) is 46.5 Å². The Morgan fingerprint density at radius 2 is 1.80 bits per heavy atom. The molecule has 0 aliphatic heterocycles. The first-order valence-electron chi connectivity index (χ1n) is 6.08. The molecule has 2 atom stereocenters. The highest BCUT2D eigenvalue weighted by Gasteiger charge is 2.25. The molecule has 1 fully saturated rings. The number of nitrogens with one attached hydrogen (secondary N) is 1. The Morgan fingerprint density at radius 1 is 1.27 bits per heavy atom. The fraction of sp³-hybridized carbons (Fsp3) is 0.917. The number of rotatable bonds is 4. The van der Waals surface area contributed by atoms with Gasteiger partial charge in [0.25, 0.3) is 0 Å². The van der Waals surface area contributed by atoms with Gasteiger partial charge in [-0.2, -0.15) is 0 Å². The zero-order valence-electron chi connectivity index (χ0n) is 10.1. The normalized spacial score (nSPS) is 21.7. The van der Waals surface area contributed by atoms with Crippen LogP contribution in [0.15, 0.2) is 0 Å². The quantitative estimate of drug-likeness (QED) is 0.744. The van der Waals surface area contributed by atoms with Crippen LogP contribution in [0.25, 0.3) is 0 Å². The van der Waals surface area contributed by atoms with Crippen LogP contribution < -0.4 is 11.1 Å². The van der Waals surface area contributed by atoms with Crippen LogP contribution in [0.4, 0.5) is 0 Å². The zero-order valence-corrected chi connectivity index (χ0v) is 10.1. The van der Waals surface area contributed by atoms with Gasteiger partial charge in [0.1, 0.15) is 0 Å². The van der Waals surface area contributed by atoms with E-state index in [1.165, 1.54) is 25.7 Å². The lowest BCUT2D eigenvalue weighted by atomic mass is 9.98. The number of hydrogen-bond acceptors (Lipinski definition) is 2. The third-order valence-corrected chi connectivity index (χ3v) is 3.50. The van der Waals surface area contributed by atoms with E-state index in [-0.39, 0.29) is 23.9 Å². The lowest BCUT2D eigenvalue weighted by Crippen LogP contribution is -2.48. The maximum Gasteiger partial charge on any atom is 0.237 e. The van der Waals surface area contributed by atoms with E-state index < -0.39 is 0 Å². The van der Waals surface area contributed by atoms with Gasteiger partial charge in [-0.25, -0.2) is 0 Å². The zero-order chi connectivity index (χ0) is 11.4. The molecule has 15 heavy (non-hydrogen) atoms. The molecule has 1 aliphatic rings. The minimum absolute atomic E-state index is 0.00407. The summed E-state index contributed by atoms with van der Waals surface area (Å²) in [6.07, 6.45) is 5.11. The summed E-state index contributed by atoms with van der Waals surface area (Å²) in [6.45, 7) is 6.05. The average Bonchev–Trinajstić information content (AvgIpc) is 2.68. The van der Waals surface area contributed by atoms with Crippen molar-refractivity contribution in [3.63, 3.8) is 0 Å². The van der Waals surface area contributed by atoms with Gasteiger partial charge in [-0.3, -0.25) is 4.79 Å². The molecule has 3 nitrogen and oxygen atoms in total. The smallest absolute Gasteiger partial charge is 0.237 e. The number of carbonyl (C=O) groups is 1. The van der Waals surface area contributed by atoms with Gasteiger partial charge in [-0.1, -0.05) is 26.7 Å². The Morgan fingerprint density at radius 3 is 2.27 bits per heavy atom. The van der Waals surface area contributed by atoms with Crippen LogP contribution >= 0.6 is 0 Å². The van der Waals surface area contributed by atoms with E-state index in [2.05, 4.69) is 12.2 Å². The second kappa shape index (κ2) is 5.50. The lowest BCUT2D eigenvalue weighted by molar-refractivity contribution is -0.124. The first-order valence-corrected chi connectivity index (χ1v) is 6.08. The summed E-state index contributed by atoms with van der Waals surface area (Å²) in [7, 11) is 0. The Bertz CT molecular complexity index is 210. The predicted octanol–water partition coefficient (Wildman–Crippen LogP) is 1.66. The molecule has 3 heteroatoms. The third-order valence-electron chi connectivity index (χ3n) is 3.50. The van der Waals surface area contributed by atoms with Crippen LogP contribution in [-0.4, -0.2) is 18.0 Å². The first-order chi connectivity index (χ1) is 7.02. The maximum atomic E-state index is 11.7. The number of nitrogens with two attached hydrogens (primary N) is 1. The topological polar surface area (TPSA) is 55.1 Å². The molecule has 1 saturated carbocycles. The van der Waals surface area contributed by atoms with Crippen LogP contribution in [0.5, 0.6) is 0 Å². The van der Waals surface area contributed by atoms with E-state index in [1.807, 2.05) is 13.8 Å². The van der Waals surface area contributed by atoms with E-state index >= 15 is 0 Å². The molecule has 0 spiro atoms. The fourth-order valence-electron chi connectivity index (χ4n) is 2.20. The van der Waals surface area contributed by atoms with Crippen molar-refractivity contribution in [3.05, 3.63) is 0 Å². The molecule has 0 aromatic rings. The summed E-state index contributed by atoms with van der Waals surface area (Å²) >= 11 is 0. The van der Waals surface area contributed by atoms with Crippen molar-refractivity contribution in [1.82, 2.24) is 5.32 Å². The fourth-order valence-corrected chi connectivity index (χ4v) is 2.20. The van der Waals surface area contributed by atoms with Gasteiger partial charge in [0.05, 0.1) is 6.04 Å². The Balaban J connectivity index is 2.36. The van der Waals surface area contributed by atoms with Crippen LogP contribution in [0.3, 0.4) is 0 Å². The molecule has 0 saturated heterocycles.